The highest BCUT2D eigenvalue weighted by atomic mass is 16.5. The van der Waals surface area contributed by atoms with Crippen LogP contribution in [0, 0.1) is 0 Å². The first-order valence-electron chi connectivity index (χ1n) is 8.31. The van der Waals surface area contributed by atoms with E-state index in [0.29, 0.717) is 5.69 Å². The molecule has 0 atom stereocenters. The minimum Gasteiger partial charge on any atom is -0.452 e. The van der Waals surface area contributed by atoms with Crippen LogP contribution in [0.4, 0.5) is 5.69 Å². The van der Waals surface area contributed by atoms with Gasteiger partial charge >= 0.3 is 5.97 Å². The third-order valence-electron chi connectivity index (χ3n) is 3.79. The van der Waals surface area contributed by atoms with Crippen LogP contribution in [-0.4, -0.2) is 28.3 Å². The van der Waals surface area contributed by atoms with Crippen LogP contribution >= 0.6 is 0 Å². The number of para-hydroxylation sites is 1. The average molecular weight is 349 g/mol. The average Bonchev–Trinajstić information content (AvgIpc) is 3.17. The topological polar surface area (TPSA) is 73.2 Å². The number of hydrogen-bond acceptors (Lipinski definition) is 4. The number of anilines is 1. The third kappa shape index (κ3) is 4.36. The lowest BCUT2D eigenvalue weighted by atomic mass is 10.1. The van der Waals surface area contributed by atoms with Crippen molar-refractivity contribution in [2.24, 2.45) is 0 Å². The number of aromatic nitrogens is 2. The van der Waals surface area contributed by atoms with Crippen LogP contribution in [0.1, 0.15) is 22.8 Å². The number of hydrogen-bond donors (Lipinski definition) is 1. The summed E-state index contributed by atoms with van der Waals surface area (Å²) in [6.07, 6.45) is 3.86. The van der Waals surface area contributed by atoms with E-state index in [1.54, 1.807) is 16.9 Å². The molecule has 1 N–H and O–H groups in total. The Morgan fingerprint density at radius 1 is 1.12 bits per heavy atom. The molecule has 0 saturated heterocycles. The molecule has 132 valence electrons. The Hall–Kier alpha value is -3.41. The SMILES string of the molecule is CCc1cccc(NC(=O)COC(=O)c2cnn(-c3ccccc3)c2)c1. The molecule has 0 aliphatic rings. The molecule has 0 bridgehead atoms. The largest absolute Gasteiger partial charge is 0.452 e. The van der Waals surface area contributed by atoms with Crippen molar-refractivity contribution in [1.82, 2.24) is 9.78 Å². The molecule has 0 aliphatic carbocycles. The summed E-state index contributed by atoms with van der Waals surface area (Å²) in [5, 5.41) is 6.85. The van der Waals surface area contributed by atoms with E-state index in [4.69, 9.17) is 4.74 Å². The van der Waals surface area contributed by atoms with Gasteiger partial charge in [0.05, 0.1) is 17.4 Å². The van der Waals surface area contributed by atoms with E-state index in [1.165, 1.54) is 6.20 Å². The third-order valence-corrected chi connectivity index (χ3v) is 3.79. The van der Waals surface area contributed by atoms with Crippen LogP contribution in [0.3, 0.4) is 0 Å². The molecule has 3 rings (SSSR count). The van der Waals surface area contributed by atoms with Crippen molar-refractivity contribution < 1.29 is 14.3 Å². The smallest absolute Gasteiger partial charge is 0.341 e. The number of nitrogens with one attached hydrogen (secondary N) is 1. The van der Waals surface area contributed by atoms with Crippen molar-refractivity contribution in [3.8, 4) is 5.69 Å². The summed E-state index contributed by atoms with van der Waals surface area (Å²) in [6, 6.07) is 17.0. The minimum atomic E-state index is -0.593. The molecule has 0 saturated carbocycles. The normalized spacial score (nSPS) is 10.3. The van der Waals surface area contributed by atoms with Gasteiger partial charge in [-0.2, -0.15) is 5.10 Å². The molecule has 0 fully saturated rings. The van der Waals surface area contributed by atoms with Crippen molar-refractivity contribution in [2.45, 2.75) is 13.3 Å². The first-order chi connectivity index (χ1) is 12.7. The predicted octanol–water partition coefficient (Wildman–Crippen LogP) is 3.23. The van der Waals surface area contributed by atoms with E-state index in [-0.39, 0.29) is 18.1 Å². The molecular formula is C20H19N3O3. The van der Waals surface area contributed by atoms with E-state index in [2.05, 4.69) is 10.4 Å². The summed E-state index contributed by atoms with van der Waals surface area (Å²) in [5.41, 5.74) is 2.92. The predicted molar refractivity (Wildman–Crippen MR) is 98.3 cm³/mol. The number of amides is 1. The highest BCUT2D eigenvalue weighted by Crippen LogP contribution is 2.11. The number of esters is 1. The summed E-state index contributed by atoms with van der Waals surface area (Å²) in [4.78, 5) is 24.1. The molecule has 1 heterocycles. The first-order valence-corrected chi connectivity index (χ1v) is 8.31. The first kappa shape index (κ1) is 17.4. The second-order valence-electron chi connectivity index (χ2n) is 5.69. The molecule has 0 radical (unpaired) electrons. The van der Waals surface area contributed by atoms with E-state index >= 15 is 0 Å². The van der Waals surface area contributed by atoms with Crippen molar-refractivity contribution in [3.05, 3.63) is 78.1 Å². The molecule has 0 aliphatic heterocycles. The van der Waals surface area contributed by atoms with Gasteiger partial charge in [-0.3, -0.25) is 4.79 Å². The van der Waals surface area contributed by atoms with Crippen LogP contribution in [0.2, 0.25) is 0 Å². The summed E-state index contributed by atoms with van der Waals surface area (Å²) >= 11 is 0. The molecule has 0 unspecified atom stereocenters. The fraction of sp³-hybridized carbons (Fsp3) is 0.150. The van der Waals surface area contributed by atoms with Gasteiger partial charge < -0.3 is 10.1 Å². The highest BCUT2D eigenvalue weighted by molar-refractivity contribution is 5.95. The van der Waals surface area contributed by atoms with Crippen LogP contribution < -0.4 is 5.32 Å². The van der Waals surface area contributed by atoms with Gasteiger partial charge in [0.2, 0.25) is 0 Å². The standard InChI is InChI=1S/C20H19N3O3/c1-2-15-7-6-8-17(11-15)22-19(24)14-26-20(25)16-12-21-23(13-16)18-9-4-3-5-10-18/h3-13H,2,14H2,1H3,(H,22,24). The van der Waals surface area contributed by atoms with Gasteiger partial charge in [0.15, 0.2) is 6.61 Å². The molecule has 3 aromatic rings. The number of ether oxygens (including phenoxy) is 1. The zero-order valence-corrected chi connectivity index (χ0v) is 14.4. The number of aryl methyl sites for hydroxylation is 1. The second-order valence-corrected chi connectivity index (χ2v) is 5.69. The summed E-state index contributed by atoms with van der Waals surface area (Å²) in [6.45, 7) is 1.68. The monoisotopic (exact) mass is 349 g/mol. The van der Waals surface area contributed by atoms with Gasteiger partial charge in [-0.25, -0.2) is 9.48 Å². The van der Waals surface area contributed by atoms with Crippen molar-refractivity contribution in [2.75, 3.05) is 11.9 Å². The van der Waals surface area contributed by atoms with Crippen molar-refractivity contribution >= 4 is 17.6 Å². The van der Waals surface area contributed by atoms with E-state index in [9.17, 15) is 9.59 Å². The maximum atomic E-state index is 12.1. The van der Waals surface area contributed by atoms with E-state index < -0.39 is 5.97 Å². The summed E-state index contributed by atoms with van der Waals surface area (Å²) in [7, 11) is 0. The Morgan fingerprint density at radius 3 is 2.69 bits per heavy atom. The van der Waals surface area contributed by atoms with Crippen molar-refractivity contribution in [3.63, 3.8) is 0 Å². The van der Waals surface area contributed by atoms with Gasteiger partial charge in [-0.1, -0.05) is 37.3 Å². The molecule has 0 spiro atoms. The highest BCUT2D eigenvalue weighted by Gasteiger charge is 2.13. The number of carbonyl (C=O) groups is 2. The minimum absolute atomic E-state index is 0.287. The lowest BCUT2D eigenvalue weighted by Gasteiger charge is -2.07. The maximum Gasteiger partial charge on any atom is 0.341 e. The second kappa shape index (κ2) is 8.11. The lowest BCUT2D eigenvalue weighted by Crippen LogP contribution is -2.20. The molecule has 1 aromatic heterocycles. The number of nitrogens with zero attached hydrogens (tertiary/aromatic N) is 2. The van der Waals surface area contributed by atoms with Gasteiger partial charge in [0.1, 0.15) is 0 Å². The van der Waals surface area contributed by atoms with Crippen LogP contribution in [0.25, 0.3) is 5.69 Å². The molecular weight excluding hydrogens is 330 g/mol. The maximum absolute atomic E-state index is 12.1. The van der Waals surface area contributed by atoms with Gasteiger partial charge in [0.25, 0.3) is 5.91 Å². The van der Waals surface area contributed by atoms with Crippen molar-refractivity contribution in [1.29, 1.82) is 0 Å². The Kier molecular flexibility index (Phi) is 5.43. The van der Waals surface area contributed by atoms with E-state index in [1.807, 2.05) is 55.5 Å². The van der Waals surface area contributed by atoms with Crippen LogP contribution in [-0.2, 0) is 16.0 Å². The fourth-order valence-corrected chi connectivity index (χ4v) is 2.43. The van der Waals surface area contributed by atoms with E-state index in [0.717, 1.165) is 17.7 Å². The fourth-order valence-electron chi connectivity index (χ4n) is 2.43. The zero-order valence-electron chi connectivity index (χ0n) is 14.4. The zero-order chi connectivity index (χ0) is 18.4. The number of benzene rings is 2. The molecule has 2 aromatic carbocycles. The van der Waals surface area contributed by atoms with Gasteiger partial charge in [-0.05, 0) is 36.2 Å². The summed E-state index contributed by atoms with van der Waals surface area (Å²) < 4.78 is 6.64. The Bertz CT molecular complexity index is 903. The molecule has 26 heavy (non-hydrogen) atoms. The molecule has 1 amide bonds. The number of carbonyl (C=O) groups excluding carboxylic acids is 2. The molecule has 6 nitrogen and oxygen atoms in total. The number of rotatable bonds is 6. The Morgan fingerprint density at radius 2 is 1.92 bits per heavy atom. The Labute approximate surface area is 151 Å². The Balaban J connectivity index is 1.55. The van der Waals surface area contributed by atoms with Gasteiger partial charge in [-0.15, -0.1) is 0 Å². The lowest BCUT2D eigenvalue weighted by molar-refractivity contribution is -0.119. The quantitative estimate of drug-likeness (QED) is 0.694. The van der Waals surface area contributed by atoms with Crippen LogP contribution in [0.5, 0.6) is 0 Å². The molecule has 6 heteroatoms. The van der Waals surface area contributed by atoms with Gasteiger partial charge in [0, 0.05) is 11.9 Å². The van der Waals surface area contributed by atoms with Crippen LogP contribution in [0.15, 0.2) is 67.0 Å². The summed E-state index contributed by atoms with van der Waals surface area (Å²) in [5.74, 6) is -0.980.